The molecule has 0 aliphatic heterocycles. The number of hydrogen-bond acceptors (Lipinski definition) is 4. The Morgan fingerprint density at radius 3 is 2.61 bits per heavy atom. The molecule has 0 aromatic rings. The zero-order valence-electron chi connectivity index (χ0n) is 9.92. The van der Waals surface area contributed by atoms with E-state index in [4.69, 9.17) is 15.6 Å². The van der Waals surface area contributed by atoms with Crippen molar-refractivity contribution < 1.29 is 24.2 Å². The molecular formula is C10H17N3O5. The molecule has 0 heterocycles. The number of primary amides is 1. The molecule has 8 nitrogen and oxygen atoms in total. The maximum atomic E-state index is 11.5. The van der Waals surface area contributed by atoms with Gasteiger partial charge in [-0.2, -0.15) is 0 Å². The minimum Gasteiger partial charge on any atom is -0.480 e. The van der Waals surface area contributed by atoms with Crippen LogP contribution in [0.2, 0.25) is 0 Å². The fraction of sp³-hybridized carbons (Fsp3) is 0.500. The van der Waals surface area contributed by atoms with Crippen LogP contribution >= 0.6 is 0 Å². The molecule has 0 unspecified atom stereocenters. The molecular weight excluding hydrogens is 242 g/mol. The van der Waals surface area contributed by atoms with Gasteiger partial charge in [0, 0.05) is 13.1 Å². The van der Waals surface area contributed by atoms with Crippen molar-refractivity contribution in [1.29, 1.82) is 0 Å². The van der Waals surface area contributed by atoms with Crippen LogP contribution in [0.1, 0.15) is 0 Å². The number of carboxylic acid groups (broad SMARTS) is 1. The number of carboxylic acids is 1. The summed E-state index contributed by atoms with van der Waals surface area (Å²) >= 11 is 0. The Morgan fingerprint density at radius 2 is 2.11 bits per heavy atom. The number of nitrogens with one attached hydrogen (secondary N) is 1. The average molecular weight is 259 g/mol. The van der Waals surface area contributed by atoms with Crippen molar-refractivity contribution in [3.63, 3.8) is 0 Å². The predicted octanol–water partition coefficient (Wildman–Crippen LogP) is -1.23. The third kappa shape index (κ3) is 8.11. The van der Waals surface area contributed by atoms with E-state index in [0.717, 1.165) is 4.90 Å². The molecule has 0 saturated carbocycles. The Bertz CT molecular complexity index is 319. The molecule has 4 N–H and O–H groups in total. The first-order valence-electron chi connectivity index (χ1n) is 5.19. The highest BCUT2D eigenvalue weighted by Crippen LogP contribution is 1.90. The van der Waals surface area contributed by atoms with E-state index in [-0.39, 0.29) is 26.3 Å². The standard InChI is InChI=1S/C10H17N3O5/c1-2-4-13(6-9(15)16)10(17)12-3-5-18-7-8(11)14/h2H,1,3-7H2,(H2,11,14)(H,12,17)(H,15,16). The molecule has 0 spiro atoms. The van der Waals surface area contributed by atoms with Crippen molar-refractivity contribution in [2.75, 3.05) is 32.8 Å². The molecule has 0 rings (SSSR count). The molecule has 0 radical (unpaired) electrons. The quantitative estimate of drug-likeness (QED) is 0.353. The van der Waals surface area contributed by atoms with E-state index in [9.17, 15) is 14.4 Å². The third-order valence-electron chi connectivity index (χ3n) is 1.73. The fourth-order valence-electron chi connectivity index (χ4n) is 1.05. The molecule has 0 aliphatic carbocycles. The van der Waals surface area contributed by atoms with Crippen LogP contribution < -0.4 is 11.1 Å². The zero-order valence-corrected chi connectivity index (χ0v) is 9.92. The number of aliphatic carboxylic acids is 1. The van der Waals surface area contributed by atoms with Crippen LogP contribution in [-0.2, 0) is 14.3 Å². The Balaban J connectivity index is 3.91. The number of hydrogen-bond donors (Lipinski definition) is 3. The second kappa shape index (κ2) is 8.99. The second-order valence-corrected chi connectivity index (χ2v) is 3.31. The van der Waals surface area contributed by atoms with Gasteiger partial charge in [-0.1, -0.05) is 6.08 Å². The second-order valence-electron chi connectivity index (χ2n) is 3.31. The first kappa shape index (κ1) is 15.9. The van der Waals surface area contributed by atoms with Gasteiger partial charge in [0.15, 0.2) is 0 Å². The molecule has 0 atom stereocenters. The van der Waals surface area contributed by atoms with E-state index >= 15 is 0 Å². The van der Waals surface area contributed by atoms with Gasteiger partial charge in [-0.05, 0) is 0 Å². The van der Waals surface area contributed by atoms with Crippen LogP contribution in [0.4, 0.5) is 4.79 Å². The Labute approximate surface area is 104 Å². The summed E-state index contributed by atoms with van der Waals surface area (Å²) in [6, 6.07) is -0.542. The van der Waals surface area contributed by atoms with Crippen molar-refractivity contribution in [2.45, 2.75) is 0 Å². The molecule has 0 aliphatic rings. The van der Waals surface area contributed by atoms with Crippen molar-refractivity contribution in [3.05, 3.63) is 12.7 Å². The van der Waals surface area contributed by atoms with Crippen molar-refractivity contribution in [1.82, 2.24) is 10.2 Å². The van der Waals surface area contributed by atoms with E-state index in [1.54, 1.807) is 0 Å². The molecule has 8 heteroatoms. The first-order chi connectivity index (χ1) is 8.47. The van der Waals surface area contributed by atoms with Gasteiger partial charge < -0.3 is 25.8 Å². The highest BCUT2D eigenvalue weighted by atomic mass is 16.5. The minimum absolute atomic E-state index is 0.115. The Kier molecular flexibility index (Phi) is 7.95. The summed E-state index contributed by atoms with van der Waals surface area (Å²) in [6.07, 6.45) is 1.42. The normalized spacial score (nSPS) is 9.56. The molecule has 0 saturated heterocycles. The van der Waals surface area contributed by atoms with Crippen LogP contribution in [0, 0.1) is 0 Å². The van der Waals surface area contributed by atoms with Gasteiger partial charge in [0.2, 0.25) is 5.91 Å². The summed E-state index contributed by atoms with van der Waals surface area (Å²) in [5.74, 6) is -1.71. The van der Waals surface area contributed by atoms with Gasteiger partial charge in [-0.25, -0.2) is 4.79 Å². The number of nitrogens with zero attached hydrogens (tertiary/aromatic N) is 1. The predicted molar refractivity (Wildman–Crippen MR) is 62.8 cm³/mol. The highest BCUT2D eigenvalue weighted by Gasteiger charge is 2.14. The summed E-state index contributed by atoms with van der Waals surface area (Å²) in [5.41, 5.74) is 4.84. The monoisotopic (exact) mass is 259 g/mol. The summed E-state index contributed by atoms with van der Waals surface area (Å²) < 4.78 is 4.82. The smallest absolute Gasteiger partial charge is 0.323 e. The van der Waals surface area contributed by atoms with Crippen molar-refractivity contribution in [2.24, 2.45) is 5.73 Å². The number of carbonyl (C=O) groups excluding carboxylic acids is 2. The molecule has 0 fully saturated rings. The lowest BCUT2D eigenvalue weighted by Crippen LogP contribution is -2.43. The van der Waals surface area contributed by atoms with Crippen molar-refractivity contribution in [3.8, 4) is 0 Å². The molecule has 3 amide bonds. The maximum absolute atomic E-state index is 11.5. The largest absolute Gasteiger partial charge is 0.480 e. The van der Waals surface area contributed by atoms with Crippen LogP contribution in [0.25, 0.3) is 0 Å². The summed E-state index contributed by atoms with van der Waals surface area (Å²) in [4.78, 5) is 33.4. The van der Waals surface area contributed by atoms with Crippen LogP contribution in [0.15, 0.2) is 12.7 Å². The van der Waals surface area contributed by atoms with E-state index in [0.29, 0.717) is 0 Å². The molecule has 102 valence electrons. The molecule has 0 aromatic heterocycles. The fourth-order valence-corrected chi connectivity index (χ4v) is 1.05. The van der Waals surface area contributed by atoms with Crippen LogP contribution in [0.3, 0.4) is 0 Å². The topological polar surface area (TPSA) is 122 Å². The van der Waals surface area contributed by atoms with Gasteiger partial charge in [0.25, 0.3) is 0 Å². The first-order valence-corrected chi connectivity index (χ1v) is 5.19. The van der Waals surface area contributed by atoms with E-state index in [1.165, 1.54) is 6.08 Å². The van der Waals surface area contributed by atoms with Crippen LogP contribution in [0.5, 0.6) is 0 Å². The number of nitrogens with two attached hydrogens (primary N) is 1. The number of amides is 3. The van der Waals surface area contributed by atoms with Gasteiger partial charge in [-0.15, -0.1) is 6.58 Å². The van der Waals surface area contributed by atoms with Gasteiger partial charge in [-0.3, -0.25) is 9.59 Å². The zero-order chi connectivity index (χ0) is 14.0. The molecule has 0 aromatic carbocycles. The lowest BCUT2D eigenvalue weighted by atomic mass is 10.5. The summed E-state index contributed by atoms with van der Waals surface area (Å²) in [5, 5.41) is 11.0. The summed E-state index contributed by atoms with van der Waals surface area (Å²) in [7, 11) is 0. The number of rotatable bonds is 9. The third-order valence-corrected chi connectivity index (χ3v) is 1.73. The maximum Gasteiger partial charge on any atom is 0.323 e. The molecule has 18 heavy (non-hydrogen) atoms. The van der Waals surface area contributed by atoms with Crippen LogP contribution in [-0.4, -0.2) is 60.8 Å². The average Bonchev–Trinajstić information content (AvgIpc) is 2.26. The highest BCUT2D eigenvalue weighted by molar-refractivity contribution is 5.80. The van der Waals surface area contributed by atoms with E-state index < -0.39 is 24.5 Å². The Hall–Kier alpha value is -2.09. The van der Waals surface area contributed by atoms with Crippen molar-refractivity contribution >= 4 is 17.9 Å². The van der Waals surface area contributed by atoms with E-state index in [1.807, 2.05) is 0 Å². The lowest BCUT2D eigenvalue weighted by molar-refractivity contribution is -0.137. The van der Waals surface area contributed by atoms with Gasteiger partial charge >= 0.3 is 12.0 Å². The number of ether oxygens (including phenoxy) is 1. The minimum atomic E-state index is -1.11. The number of urea groups is 1. The molecule has 0 bridgehead atoms. The Morgan fingerprint density at radius 1 is 1.44 bits per heavy atom. The van der Waals surface area contributed by atoms with Gasteiger partial charge in [0.1, 0.15) is 13.2 Å². The SMILES string of the molecule is C=CCN(CC(=O)O)C(=O)NCCOCC(N)=O. The lowest BCUT2D eigenvalue weighted by Gasteiger charge is -2.19. The van der Waals surface area contributed by atoms with E-state index in [2.05, 4.69) is 11.9 Å². The summed E-state index contributed by atoms with van der Waals surface area (Å²) in [6.45, 7) is 3.18. The van der Waals surface area contributed by atoms with Gasteiger partial charge in [0.05, 0.1) is 6.61 Å². The number of carbonyl (C=O) groups is 3.